The average molecular weight is 243 g/mol. The first kappa shape index (κ1) is 11.8. The fourth-order valence-electron chi connectivity index (χ4n) is 3.17. The summed E-state index contributed by atoms with van der Waals surface area (Å²) in [6.07, 6.45) is 9.61. The second-order valence-corrected chi connectivity index (χ2v) is 5.48. The van der Waals surface area contributed by atoms with Gasteiger partial charge in [0.1, 0.15) is 0 Å². The number of allylic oxidation sites excluding steroid dienone is 2. The van der Waals surface area contributed by atoms with Crippen molar-refractivity contribution in [2.75, 3.05) is 5.32 Å². The molecule has 0 spiro atoms. The summed E-state index contributed by atoms with van der Waals surface area (Å²) in [5, 5.41) is 14.0. The maximum atomic E-state index is 10.5. The summed E-state index contributed by atoms with van der Waals surface area (Å²) in [4.78, 5) is 0. The molecule has 1 heterocycles. The fraction of sp³-hybridized carbons (Fsp3) is 0.500. The highest BCUT2D eigenvalue weighted by molar-refractivity contribution is 5.53. The number of fused-ring (bicyclic) bond motifs is 1. The lowest BCUT2D eigenvalue weighted by Gasteiger charge is -2.35. The molecule has 0 amide bonds. The number of aryl methyl sites for hydroxylation is 1. The van der Waals surface area contributed by atoms with E-state index in [2.05, 4.69) is 41.7 Å². The number of nitrogens with one attached hydrogen (secondary N) is 1. The number of aliphatic hydroxyl groups is 1. The highest BCUT2D eigenvalue weighted by Crippen LogP contribution is 2.30. The zero-order valence-corrected chi connectivity index (χ0v) is 10.7. The molecule has 1 aliphatic heterocycles. The van der Waals surface area contributed by atoms with Gasteiger partial charge < -0.3 is 10.4 Å². The van der Waals surface area contributed by atoms with Crippen molar-refractivity contribution in [3.63, 3.8) is 0 Å². The third kappa shape index (κ3) is 2.30. The van der Waals surface area contributed by atoms with Gasteiger partial charge in [0.15, 0.2) is 0 Å². The summed E-state index contributed by atoms with van der Waals surface area (Å²) >= 11 is 0. The number of rotatable bonds is 2. The topological polar surface area (TPSA) is 32.3 Å². The minimum Gasteiger partial charge on any atom is -0.391 e. The van der Waals surface area contributed by atoms with Gasteiger partial charge in [0.2, 0.25) is 0 Å². The lowest BCUT2D eigenvalue weighted by Crippen LogP contribution is -2.41. The van der Waals surface area contributed by atoms with Crippen LogP contribution in [0.15, 0.2) is 36.4 Å². The summed E-state index contributed by atoms with van der Waals surface area (Å²) < 4.78 is 0. The van der Waals surface area contributed by atoms with Crippen LogP contribution in [0, 0.1) is 5.92 Å². The molecule has 0 fully saturated rings. The Kier molecular flexibility index (Phi) is 3.37. The van der Waals surface area contributed by atoms with Crippen molar-refractivity contribution >= 4 is 5.69 Å². The molecule has 2 N–H and O–H groups in total. The zero-order chi connectivity index (χ0) is 12.4. The van der Waals surface area contributed by atoms with E-state index in [1.807, 2.05) is 0 Å². The number of benzene rings is 1. The van der Waals surface area contributed by atoms with Crippen molar-refractivity contribution in [1.82, 2.24) is 0 Å². The van der Waals surface area contributed by atoms with Gasteiger partial charge in [-0.25, -0.2) is 0 Å². The molecule has 0 saturated carbocycles. The second-order valence-electron chi connectivity index (χ2n) is 5.48. The van der Waals surface area contributed by atoms with Gasteiger partial charge >= 0.3 is 0 Å². The van der Waals surface area contributed by atoms with Crippen molar-refractivity contribution in [3.8, 4) is 0 Å². The summed E-state index contributed by atoms with van der Waals surface area (Å²) in [5.74, 6) is 0.428. The third-order valence-electron chi connectivity index (χ3n) is 4.29. The van der Waals surface area contributed by atoms with E-state index in [1.165, 1.54) is 11.3 Å². The number of hydrogen-bond donors (Lipinski definition) is 2. The Labute approximate surface area is 109 Å². The lowest BCUT2D eigenvalue weighted by molar-refractivity contribution is 0.0795. The molecule has 0 aromatic heterocycles. The van der Waals surface area contributed by atoms with Crippen LogP contribution in [0.2, 0.25) is 0 Å². The molecule has 96 valence electrons. The van der Waals surface area contributed by atoms with Crippen LogP contribution >= 0.6 is 0 Å². The number of anilines is 1. The van der Waals surface area contributed by atoms with Gasteiger partial charge in [-0.05, 0) is 49.7 Å². The molecule has 3 unspecified atom stereocenters. The maximum Gasteiger partial charge on any atom is 0.0772 e. The Hall–Kier alpha value is -1.28. The summed E-state index contributed by atoms with van der Waals surface area (Å²) in [6.45, 7) is 0. The molecule has 0 radical (unpaired) electrons. The van der Waals surface area contributed by atoms with E-state index < -0.39 is 0 Å². The average Bonchev–Trinajstić information content (AvgIpc) is 2.47. The van der Waals surface area contributed by atoms with Gasteiger partial charge in [-0.3, -0.25) is 0 Å². The first-order valence-electron chi connectivity index (χ1n) is 7.02. The molecular weight excluding hydrogens is 222 g/mol. The molecule has 1 aliphatic carbocycles. The van der Waals surface area contributed by atoms with Crippen molar-refractivity contribution < 1.29 is 5.11 Å². The number of para-hydroxylation sites is 1. The SMILES string of the molecule is OC(C1CC=CCC1)C1CCc2ccccc2N1. The largest absolute Gasteiger partial charge is 0.391 e. The van der Waals surface area contributed by atoms with Crippen LogP contribution in [0.25, 0.3) is 0 Å². The first-order valence-corrected chi connectivity index (χ1v) is 7.02. The van der Waals surface area contributed by atoms with E-state index in [4.69, 9.17) is 0 Å². The Morgan fingerprint density at radius 3 is 2.89 bits per heavy atom. The van der Waals surface area contributed by atoms with Gasteiger partial charge in [0, 0.05) is 5.69 Å². The predicted molar refractivity (Wildman–Crippen MR) is 74.7 cm³/mol. The Morgan fingerprint density at radius 1 is 1.17 bits per heavy atom. The van der Waals surface area contributed by atoms with Gasteiger partial charge in [-0.1, -0.05) is 30.4 Å². The van der Waals surface area contributed by atoms with Crippen LogP contribution in [0.3, 0.4) is 0 Å². The Balaban J connectivity index is 1.69. The van der Waals surface area contributed by atoms with Gasteiger partial charge in [0.25, 0.3) is 0 Å². The molecule has 1 aromatic rings. The third-order valence-corrected chi connectivity index (χ3v) is 4.29. The Bertz CT molecular complexity index is 440. The quantitative estimate of drug-likeness (QED) is 0.782. The molecule has 1 aromatic carbocycles. The van der Waals surface area contributed by atoms with Crippen LogP contribution in [0.4, 0.5) is 5.69 Å². The van der Waals surface area contributed by atoms with Crippen LogP contribution in [-0.4, -0.2) is 17.3 Å². The standard InChI is InChI=1S/C16H21NO/c18-16(13-7-2-1-3-8-13)15-11-10-12-6-4-5-9-14(12)17-15/h1-2,4-6,9,13,15-18H,3,7-8,10-11H2. The molecule has 0 bridgehead atoms. The van der Waals surface area contributed by atoms with Gasteiger partial charge in [-0.2, -0.15) is 0 Å². The molecule has 3 rings (SSSR count). The van der Waals surface area contributed by atoms with Crippen molar-refractivity contribution in [1.29, 1.82) is 0 Å². The van der Waals surface area contributed by atoms with E-state index in [0.717, 1.165) is 32.1 Å². The number of aliphatic hydroxyl groups excluding tert-OH is 1. The molecule has 2 nitrogen and oxygen atoms in total. The van der Waals surface area contributed by atoms with E-state index in [-0.39, 0.29) is 12.1 Å². The molecule has 18 heavy (non-hydrogen) atoms. The van der Waals surface area contributed by atoms with Crippen LogP contribution in [-0.2, 0) is 6.42 Å². The normalized spacial score (nSPS) is 28.3. The van der Waals surface area contributed by atoms with E-state index in [9.17, 15) is 5.11 Å². The van der Waals surface area contributed by atoms with E-state index >= 15 is 0 Å². The molecule has 0 saturated heterocycles. The van der Waals surface area contributed by atoms with Crippen molar-refractivity contribution in [2.24, 2.45) is 5.92 Å². The van der Waals surface area contributed by atoms with Crippen LogP contribution in [0.5, 0.6) is 0 Å². The van der Waals surface area contributed by atoms with E-state index in [0.29, 0.717) is 5.92 Å². The predicted octanol–water partition coefficient (Wildman–Crippen LogP) is 3.13. The highest BCUT2D eigenvalue weighted by Gasteiger charge is 2.29. The summed E-state index contributed by atoms with van der Waals surface area (Å²) in [7, 11) is 0. The minimum absolute atomic E-state index is 0.219. The molecule has 3 atom stereocenters. The monoisotopic (exact) mass is 243 g/mol. The van der Waals surface area contributed by atoms with Gasteiger partial charge in [0.05, 0.1) is 12.1 Å². The lowest BCUT2D eigenvalue weighted by atomic mass is 9.83. The molecule has 2 heteroatoms. The van der Waals surface area contributed by atoms with Crippen LogP contribution in [0.1, 0.15) is 31.2 Å². The second kappa shape index (κ2) is 5.15. The van der Waals surface area contributed by atoms with Gasteiger partial charge in [-0.15, -0.1) is 0 Å². The molecule has 2 aliphatic rings. The smallest absolute Gasteiger partial charge is 0.0772 e. The molecular formula is C16H21NO. The fourth-order valence-corrected chi connectivity index (χ4v) is 3.17. The highest BCUT2D eigenvalue weighted by atomic mass is 16.3. The van der Waals surface area contributed by atoms with E-state index in [1.54, 1.807) is 0 Å². The summed E-state index contributed by atoms with van der Waals surface area (Å²) in [5.41, 5.74) is 2.59. The minimum atomic E-state index is -0.219. The van der Waals surface area contributed by atoms with Crippen molar-refractivity contribution in [3.05, 3.63) is 42.0 Å². The first-order chi connectivity index (χ1) is 8.84. The van der Waals surface area contributed by atoms with Crippen molar-refractivity contribution in [2.45, 2.75) is 44.2 Å². The summed E-state index contributed by atoms with van der Waals surface area (Å²) in [6, 6.07) is 8.66. The number of hydrogen-bond acceptors (Lipinski definition) is 2. The Morgan fingerprint density at radius 2 is 2.06 bits per heavy atom. The maximum absolute atomic E-state index is 10.5. The zero-order valence-electron chi connectivity index (χ0n) is 10.7. The van der Waals surface area contributed by atoms with Crippen LogP contribution < -0.4 is 5.32 Å².